The number of carbonyl (C=O) groups excluding carboxylic acids is 2. The number of imidazole rings is 1. The molecule has 0 radical (unpaired) electrons. The second-order valence-corrected chi connectivity index (χ2v) is 11.4. The van der Waals surface area contributed by atoms with Crippen LogP contribution in [0, 0.1) is 0 Å². The lowest BCUT2D eigenvalue weighted by molar-refractivity contribution is -0.148. The number of para-hydroxylation sites is 1. The molecular weight excluding hydrogens is 564 g/mol. The van der Waals surface area contributed by atoms with Gasteiger partial charge in [-0.15, -0.1) is 11.3 Å². The van der Waals surface area contributed by atoms with E-state index in [1.54, 1.807) is 30.2 Å². The van der Waals surface area contributed by atoms with Crippen molar-refractivity contribution < 1.29 is 23.8 Å². The molecule has 2 aromatic carbocycles. The number of methoxy groups -OCH3 is 3. The lowest BCUT2D eigenvalue weighted by atomic mass is 10.1. The van der Waals surface area contributed by atoms with E-state index in [0.29, 0.717) is 45.9 Å². The third-order valence-corrected chi connectivity index (χ3v) is 8.45. The zero-order valence-corrected chi connectivity index (χ0v) is 24.7. The van der Waals surface area contributed by atoms with Crippen LogP contribution in [0.25, 0.3) is 16.3 Å². The summed E-state index contributed by atoms with van der Waals surface area (Å²) >= 11 is 7.58. The molecule has 3 atom stereocenters. The van der Waals surface area contributed by atoms with Crippen molar-refractivity contribution in [2.75, 3.05) is 26.6 Å². The summed E-state index contributed by atoms with van der Waals surface area (Å²) < 4.78 is 18.9. The van der Waals surface area contributed by atoms with E-state index in [9.17, 15) is 9.59 Å². The number of carbonyl (C=O) groups is 2. The van der Waals surface area contributed by atoms with Crippen molar-refractivity contribution in [2.45, 2.75) is 38.0 Å². The van der Waals surface area contributed by atoms with Crippen molar-refractivity contribution in [1.29, 1.82) is 0 Å². The molecule has 1 aliphatic rings. The van der Waals surface area contributed by atoms with Crippen molar-refractivity contribution in [2.24, 2.45) is 0 Å². The van der Waals surface area contributed by atoms with E-state index in [0.717, 1.165) is 10.6 Å². The Bertz CT molecular complexity index is 1540. The number of hydrogen-bond acceptors (Lipinski definition) is 7. The minimum Gasteiger partial charge on any atom is -0.493 e. The summed E-state index contributed by atoms with van der Waals surface area (Å²) in [6.07, 6.45) is 2.14. The summed E-state index contributed by atoms with van der Waals surface area (Å²) in [4.78, 5) is 34.9. The molecule has 1 aliphatic heterocycles. The summed E-state index contributed by atoms with van der Waals surface area (Å²) in [7, 11) is 4.56. The second-order valence-electron chi connectivity index (χ2n) is 9.67. The second kappa shape index (κ2) is 12.3. The highest BCUT2D eigenvalue weighted by atomic mass is 35.5. The highest BCUT2D eigenvalue weighted by Crippen LogP contribution is 2.35. The van der Waals surface area contributed by atoms with Gasteiger partial charge in [0.2, 0.25) is 11.9 Å². The van der Waals surface area contributed by atoms with Gasteiger partial charge in [-0.25, -0.2) is 4.98 Å². The number of ether oxygens (including phenoxy) is 3. The van der Waals surface area contributed by atoms with E-state index >= 15 is 0 Å². The normalized spacial score (nSPS) is 17.3. The number of amides is 2. The Labute approximate surface area is 247 Å². The third kappa shape index (κ3) is 5.81. The molecule has 0 saturated carbocycles. The molecule has 5 rings (SSSR count). The van der Waals surface area contributed by atoms with Gasteiger partial charge < -0.3 is 19.1 Å². The molecule has 2 aromatic heterocycles. The average Bonchev–Trinajstić information content (AvgIpc) is 3.71. The third-order valence-electron chi connectivity index (χ3n) is 7.20. The van der Waals surface area contributed by atoms with Gasteiger partial charge in [0.25, 0.3) is 5.91 Å². The van der Waals surface area contributed by atoms with E-state index in [2.05, 4.69) is 5.32 Å². The molecule has 3 heterocycles. The first-order valence-electron chi connectivity index (χ1n) is 13.1. The zero-order chi connectivity index (χ0) is 29.1. The van der Waals surface area contributed by atoms with Crippen LogP contribution >= 0.6 is 22.9 Å². The monoisotopic (exact) mass is 594 g/mol. The van der Waals surface area contributed by atoms with Gasteiger partial charge in [-0.3, -0.25) is 19.5 Å². The number of aromatic nitrogens is 2. The molecule has 1 saturated heterocycles. The van der Waals surface area contributed by atoms with Crippen LogP contribution in [-0.2, 0) is 14.3 Å². The van der Waals surface area contributed by atoms with Crippen LogP contribution in [0.3, 0.4) is 0 Å². The molecular formula is C30H31ClN4O5S. The Kier molecular flexibility index (Phi) is 8.63. The van der Waals surface area contributed by atoms with E-state index < -0.39 is 12.1 Å². The number of nitrogens with one attached hydrogen (secondary N) is 1. The Balaban J connectivity index is 1.43. The lowest BCUT2D eigenvalue weighted by Gasteiger charge is -2.31. The van der Waals surface area contributed by atoms with Crippen molar-refractivity contribution in [3.05, 3.63) is 76.8 Å². The molecule has 1 N–H and O–H groups in total. The number of rotatable bonds is 9. The van der Waals surface area contributed by atoms with E-state index in [-0.39, 0.29) is 17.9 Å². The molecule has 214 valence electrons. The summed E-state index contributed by atoms with van der Waals surface area (Å²) in [5, 5.41) is 3.00. The van der Waals surface area contributed by atoms with Crippen LogP contribution in [0.2, 0.25) is 4.34 Å². The van der Waals surface area contributed by atoms with Crippen LogP contribution in [0.15, 0.2) is 66.9 Å². The number of anilines is 1. The Hall–Kier alpha value is -3.86. The van der Waals surface area contributed by atoms with Gasteiger partial charge in [0, 0.05) is 25.0 Å². The topological polar surface area (TPSA) is 94.9 Å². The van der Waals surface area contributed by atoms with Crippen LogP contribution in [0.5, 0.6) is 11.5 Å². The van der Waals surface area contributed by atoms with Crippen molar-refractivity contribution in [1.82, 2.24) is 14.5 Å². The fourth-order valence-corrected chi connectivity index (χ4v) is 6.16. The number of hydrogen-bond donors (Lipinski definition) is 1. The predicted molar refractivity (Wildman–Crippen MR) is 159 cm³/mol. The minimum absolute atomic E-state index is 0.159. The van der Waals surface area contributed by atoms with Crippen molar-refractivity contribution in [3.8, 4) is 27.8 Å². The summed E-state index contributed by atoms with van der Waals surface area (Å²) in [5.41, 5.74) is 2.12. The summed E-state index contributed by atoms with van der Waals surface area (Å²) in [6.45, 7) is 1.94. The van der Waals surface area contributed by atoms with E-state index in [4.69, 9.17) is 30.8 Å². The molecule has 0 aliphatic carbocycles. The van der Waals surface area contributed by atoms with Gasteiger partial charge in [0.05, 0.1) is 23.4 Å². The SMILES string of the molecule is COc1ccc([C@@H](OC)C(=O)N2[C@H](C)CC[C@H]2C(=O)Nc2nc(-c3ccc(Cl)s3)cn2-c2ccccc2)cc1OC. The number of thiophene rings is 1. The lowest BCUT2D eigenvalue weighted by Crippen LogP contribution is -2.48. The first kappa shape index (κ1) is 28.7. The minimum atomic E-state index is -0.924. The maximum atomic E-state index is 13.9. The molecule has 41 heavy (non-hydrogen) atoms. The van der Waals surface area contributed by atoms with Gasteiger partial charge in [-0.1, -0.05) is 35.9 Å². The average molecular weight is 595 g/mol. The quantitative estimate of drug-likeness (QED) is 0.256. The molecule has 0 spiro atoms. The maximum absolute atomic E-state index is 13.9. The largest absolute Gasteiger partial charge is 0.493 e. The molecule has 11 heteroatoms. The van der Waals surface area contributed by atoms with Gasteiger partial charge in [0.1, 0.15) is 11.7 Å². The van der Waals surface area contributed by atoms with Crippen LogP contribution in [0.1, 0.15) is 31.4 Å². The summed E-state index contributed by atoms with van der Waals surface area (Å²) in [5.74, 6) is 0.770. The highest BCUT2D eigenvalue weighted by molar-refractivity contribution is 7.19. The smallest absolute Gasteiger partial charge is 0.257 e. The van der Waals surface area contributed by atoms with Gasteiger partial charge in [-0.05, 0) is 61.7 Å². The fourth-order valence-electron chi connectivity index (χ4n) is 5.16. The van der Waals surface area contributed by atoms with Gasteiger partial charge in [-0.2, -0.15) is 0 Å². The first-order chi connectivity index (χ1) is 19.8. The molecule has 4 aromatic rings. The van der Waals surface area contributed by atoms with Gasteiger partial charge in [0.15, 0.2) is 17.6 Å². The Morgan fingerprint density at radius 3 is 2.44 bits per heavy atom. The van der Waals surface area contributed by atoms with Crippen LogP contribution in [-0.4, -0.2) is 59.7 Å². The van der Waals surface area contributed by atoms with Crippen LogP contribution in [0.4, 0.5) is 5.95 Å². The standard InChI is InChI=1S/C30H31ClN4O5S/c1-18-10-12-22(35(18)29(37)27(40-4)19-11-13-23(38-2)24(16-19)39-3)28(36)33-30-32-21(25-14-15-26(31)41-25)17-34(30)20-8-6-5-7-9-20/h5-9,11,13-18,22,27H,10,12H2,1-4H3,(H,32,33,36)/t18-,22+,27-/m1/s1. The highest BCUT2D eigenvalue weighted by Gasteiger charge is 2.42. The van der Waals surface area contributed by atoms with E-state index in [1.807, 2.05) is 60.2 Å². The first-order valence-corrected chi connectivity index (χ1v) is 14.3. The molecule has 0 unspecified atom stereocenters. The Morgan fingerprint density at radius 2 is 1.78 bits per heavy atom. The number of benzene rings is 2. The molecule has 9 nitrogen and oxygen atoms in total. The fraction of sp³-hybridized carbons (Fsp3) is 0.300. The predicted octanol–water partition coefficient (Wildman–Crippen LogP) is 5.98. The number of halogens is 1. The van der Waals surface area contributed by atoms with Gasteiger partial charge >= 0.3 is 0 Å². The molecule has 0 bridgehead atoms. The number of likely N-dealkylation sites (tertiary alicyclic amines) is 1. The van der Waals surface area contributed by atoms with E-state index in [1.165, 1.54) is 25.6 Å². The Morgan fingerprint density at radius 1 is 1.02 bits per heavy atom. The number of nitrogens with zero attached hydrogens (tertiary/aromatic N) is 3. The summed E-state index contributed by atoms with van der Waals surface area (Å²) in [6, 6.07) is 17.7. The zero-order valence-electron chi connectivity index (χ0n) is 23.2. The maximum Gasteiger partial charge on any atom is 0.257 e. The molecule has 1 fully saturated rings. The molecule has 2 amide bonds. The van der Waals surface area contributed by atoms with Crippen molar-refractivity contribution >= 4 is 40.7 Å². The van der Waals surface area contributed by atoms with Crippen LogP contribution < -0.4 is 14.8 Å². The van der Waals surface area contributed by atoms with Crippen molar-refractivity contribution in [3.63, 3.8) is 0 Å².